The number of aryl methyl sites for hydroxylation is 1. The molecule has 0 atom stereocenters. The van der Waals surface area contributed by atoms with Gasteiger partial charge >= 0.3 is 0 Å². The first-order valence-electron chi connectivity index (χ1n) is 8.02. The fourth-order valence-electron chi connectivity index (χ4n) is 2.22. The SMILES string of the molecule is Cc1ccc(C(=O)CCC(=O)NCCSCc2ccccc2C#N)s1. The number of hydrogen-bond donors (Lipinski definition) is 1. The third-order valence-electron chi connectivity index (χ3n) is 3.56. The summed E-state index contributed by atoms with van der Waals surface area (Å²) in [6.45, 7) is 2.52. The van der Waals surface area contributed by atoms with E-state index in [4.69, 9.17) is 5.26 Å². The van der Waals surface area contributed by atoms with E-state index in [1.165, 1.54) is 11.3 Å². The summed E-state index contributed by atoms with van der Waals surface area (Å²) in [5.74, 6) is 1.44. The van der Waals surface area contributed by atoms with E-state index in [-0.39, 0.29) is 24.5 Å². The molecule has 0 radical (unpaired) electrons. The van der Waals surface area contributed by atoms with Crippen molar-refractivity contribution in [3.05, 3.63) is 57.3 Å². The van der Waals surface area contributed by atoms with E-state index in [1.54, 1.807) is 11.8 Å². The van der Waals surface area contributed by atoms with Crippen molar-refractivity contribution in [2.24, 2.45) is 0 Å². The molecule has 4 nitrogen and oxygen atoms in total. The summed E-state index contributed by atoms with van der Waals surface area (Å²) >= 11 is 3.14. The number of hydrogen-bond acceptors (Lipinski definition) is 5. The van der Waals surface area contributed by atoms with Crippen molar-refractivity contribution < 1.29 is 9.59 Å². The third kappa shape index (κ3) is 6.37. The van der Waals surface area contributed by atoms with Crippen LogP contribution in [0.25, 0.3) is 0 Å². The van der Waals surface area contributed by atoms with E-state index >= 15 is 0 Å². The van der Waals surface area contributed by atoms with Crippen molar-refractivity contribution in [3.63, 3.8) is 0 Å². The summed E-state index contributed by atoms with van der Waals surface area (Å²) < 4.78 is 0. The number of Topliss-reactive ketones (excluding diaryl/α,β-unsaturated/α-hetero) is 1. The standard InChI is InChI=1S/C19H20N2O2S2/c1-14-6-8-18(25-14)17(22)7-9-19(23)21-10-11-24-13-16-5-3-2-4-15(16)12-20/h2-6,8H,7,9-11,13H2,1H3,(H,21,23). The van der Waals surface area contributed by atoms with Gasteiger partial charge in [-0.3, -0.25) is 9.59 Å². The second kappa shape index (κ2) is 10.0. The average molecular weight is 373 g/mol. The Labute approximate surface area is 156 Å². The lowest BCUT2D eigenvalue weighted by Gasteiger charge is -2.06. The molecule has 0 saturated carbocycles. The quantitative estimate of drug-likeness (QED) is 0.535. The number of benzene rings is 1. The highest BCUT2D eigenvalue weighted by molar-refractivity contribution is 7.98. The Morgan fingerprint density at radius 3 is 2.72 bits per heavy atom. The number of thiophene rings is 1. The van der Waals surface area contributed by atoms with Crippen molar-refractivity contribution in [1.82, 2.24) is 5.32 Å². The number of carbonyl (C=O) groups is 2. The molecule has 0 saturated heterocycles. The van der Waals surface area contributed by atoms with E-state index < -0.39 is 0 Å². The van der Waals surface area contributed by atoms with Crippen molar-refractivity contribution in [2.45, 2.75) is 25.5 Å². The molecular formula is C19H20N2O2S2. The molecule has 0 bridgehead atoms. The van der Waals surface area contributed by atoms with Crippen LogP contribution in [0, 0.1) is 18.3 Å². The molecule has 2 rings (SSSR count). The Morgan fingerprint density at radius 2 is 2.00 bits per heavy atom. The Balaban J connectivity index is 1.61. The zero-order valence-corrected chi connectivity index (χ0v) is 15.7. The van der Waals surface area contributed by atoms with Gasteiger partial charge in [0.25, 0.3) is 0 Å². The first kappa shape index (κ1) is 19.2. The van der Waals surface area contributed by atoms with Crippen LogP contribution in [0.15, 0.2) is 36.4 Å². The molecule has 0 aliphatic heterocycles. The normalized spacial score (nSPS) is 10.2. The molecule has 0 aliphatic rings. The van der Waals surface area contributed by atoms with Crippen LogP contribution >= 0.6 is 23.1 Å². The second-order valence-electron chi connectivity index (χ2n) is 5.50. The third-order valence-corrected chi connectivity index (χ3v) is 5.61. The lowest BCUT2D eigenvalue weighted by Crippen LogP contribution is -2.26. The summed E-state index contributed by atoms with van der Waals surface area (Å²) in [6.07, 6.45) is 0.464. The molecule has 130 valence electrons. The Bertz CT molecular complexity index is 778. The Kier molecular flexibility index (Phi) is 7.71. The van der Waals surface area contributed by atoms with Gasteiger partial charge in [0.05, 0.1) is 16.5 Å². The Morgan fingerprint density at radius 1 is 1.20 bits per heavy atom. The number of thioether (sulfide) groups is 1. The highest BCUT2D eigenvalue weighted by atomic mass is 32.2. The van der Waals surface area contributed by atoms with Crippen LogP contribution in [0.2, 0.25) is 0 Å². The number of nitriles is 1. The molecule has 1 N–H and O–H groups in total. The first-order chi connectivity index (χ1) is 12.1. The fraction of sp³-hybridized carbons (Fsp3) is 0.316. The van der Waals surface area contributed by atoms with Crippen molar-refractivity contribution in [2.75, 3.05) is 12.3 Å². The summed E-state index contributed by atoms with van der Waals surface area (Å²) in [6, 6.07) is 13.4. The number of ketones is 1. The van der Waals surface area contributed by atoms with E-state index in [0.29, 0.717) is 12.1 Å². The van der Waals surface area contributed by atoms with Gasteiger partial charge in [0.1, 0.15) is 0 Å². The number of rotatable bonds is 9. The molecule has 6 heteroatoms. The van der Waals surface area contributed by atoms with E-state index in [0.717, 1.165) is 26.8 Å². The minimum atomic E-state index is -0.0975. The molecule has 0 aliphatic carbocycles. The van der Waals surface area contributed by atoms with Gasteiger partial charge in [-0.1, -0.05) is 18.2 Å². The van der Waals surface area contributed by atoms with Crippen LogP contribution in [0.4, 0.5) is 0 Å². The van der Waals surface area contributed by atoms with Gasteiger partial charge in [0.2, 0.25) is 5.91 Å². The molecular weight excluding hydrogens is 352 g/mol. The molecule has 1 aromatic carbocycles. The zero-order valence-electron chi connectivity index (χ0n) is 14.1. The molecule has 25 heavy (non-hydrogen) atoms. The minimum Gasteiger partial charge on any atom is -0.355 e. The van der Waals surface area contributed by atoms with Gasteiger partial charge < -0.3 is 5.32 Å². The molecule has 1 amide bonds. The molecule has 0 unspecified atom stereocenters. The maximum absolute atomic E-state index is 12.0. The van der Waals surface area contributed by atoms with Crippen molar-refractivity contribution >= 4 is 34.8 Å². The van der Waals surface area contributed by atoms with Crippen LogP contribution in [0.3, 0.4) is 0 Å². The van der Waals surface area contributed by atoms with E-state index in [1.807, 2.05) is 43.3 Å². The van der Waals surface area contributed by atoms with Crippen LogP contribution in [0.5, 0.6) is 0 Å². The van der Waals surface area contributed by atoms with Gasteiger partial charge in [-0.15, -0.1) is 11.3 Å². The summed E-state index contributed by atoms with van der Waals surface area (Å²) in [4.78, 5) is 25.6. The summed E-state index contributed by atoms with van der Waals surface area (Å²) in [5, 5.41) is 11.9. The number of carbonyl (C=O) groups excluding carboxylic acids is 2. The highest BCUT2D eigenvalue weighted by Gasteiger charge is 2.10. The second-order valence-corrected chi connectivity index (χ2v) is 7.90. The van der Waals surface area contributed by atoms with Gasteiger partial charge in [0.15, 0.2) is 5.78 Å². The highest BCUT2D eigenvalue weighted by Crippen LogP contribution is 2.17. The smallest absolute Gasteiger partial charge is 0.220 e. The molecule has 0 fully saturated rings. The average Bonchev–Trinajstić information content (AvgIpc) is 3.06. The van der Waals surface area contributed by atoms with Gasteiger partial charge in [-0.05, 0) is 30.7 Å². The lowest BCUT2D eigenvalue weighted by atomic mass is 10.1. The van der Waals surface area contributed by atoms with Crippen LogP contribution < -0.4 is 5.32 Å². The predicted molar refractivity (Wildman–Crippen MR) is 103 cm³/mol. The number of nitrogens with zero attached hydrogens (tertiary/aromatic N) is 1. The monoisotopic (exact) mass is 372 g/mol. The predicted octanol–water partition coefficient (Wildman–Crippen LogP) is 3.94. The lowest BCUT2D eigenvalue weighted by molar-refractivity contribution is -0.120. The molecule has 1 aromatic heterocycles. The van der Waals surface area contributed by atoms with E-state index in [9.17, 15) is 9.59 Å². The topological polar surface area (TPSA) is 70.0 Å². The fourth-order valence-corrected chi connectivity index (χ4v) is 3.92. The molecule has 2 aromatic rings. The number of amides is 1. The summed E-state index contributed by atoms with van der Waals surface area (Å²) in [5.41, 5.74) is 1.71. The largest absolute Gasteiger partial charge is 0.355 e. The minimum absolute atomic E-state index is 0.0238. The number of nitrogens with one attached hydrogen (secondary N) is 1. The van der Waals surface area contributed by atoms with Crippen LogP contribution in [-0.4, -0.2) is 24.0 Å². The molecule has 0 spiro atoms. The first-order valence-corrected chi connectivity index (χ1v) is 9.99. The van der Waals surface area contributed by atoms with Crippen molar-refractivity contribution in [3.8, 4) is 6.07 Å². The Hall–Kier alpha value is -2.10. The van der Waals surface area contributed by atoms with Crippen LogP contribution in [-0.2, 0) is 10.5 Å². The molecule has 1 heterocycles. The van der Waals surface area contributed by atoms with Gasteiger partial charge in [-0.25, -0.2) is 0 Å². The maximum Gasteiger partial charge on any atom is 0.220 e. The van der Waals surface area contributed by atoms with E-state index in [2.05, 4.69) is 11.4 Å². The zero-order chi connectivity index (χ0) is 18.1. The maximum atomic E-state index is 12.0. The van der Waals surface area contributed by atoms with Gasteiger partial charge in [-0.2, -0.15) is 17.0 Å². The van der Waals surface area contributed by atoms with Gasteiger partial charge in [0, 0.05) is 35.8 Å². The van der Waals surface area contributed by atoms with Crippen molar-refractivity contribution in [1.29, 1.82) is 5.26 Å². The summed E-state index contributed by atoms with van der Waals surface area (Å²) in [7, 11) is 0. The van der Waals surface area contributed by atoms with Crippen LogP contribution in [0.1, 0.15) is 38.5 Å².